The summed E-state index contributed by atoms with van der Waals surface area (Å²) in [5, 5.41) is 0. The van der Waals surface area contributed by atoms with Gasteiger partial charge in [0.1, 0.15) is 17.4 Å². The van der Waals surface area contributed by atoms with Gasteiger partial charge in [-0.3, -0.25) is 4.90 Å². The Bertz CT molecular complexity index is 975. The van der Waals surface area contributed by atoms with Crippen molar-refractivity contribution in [3.8, 4) is 5.75 Å². The van der Waals surface area contributed by atoms with Crippen LogP contribution in [0.4, 0.5) is 16.2 Å². The molecule has 6 nitrogen and oxygen atoms in total. The monoisotopic (exact) mass is 379 g/mol. The Morgan fingerprint density at radius 1 is 1.07 bits per heavy atom. The zero-order valence-electron chi connectivity index (χ0n) is 15.6. The highest BCUT2D eigenvalue weighted by Crippen LogP contribution is 2.38. The average molecular weight is 379 g/mol. The van der Waals surface area contributed by atoms with E-state index in [9.17, 15) is 4.39 Å². The van der Waals surface area contributed by atoms with Crippen molar-refractivity contribution in [1.29, 1.82) is 0 Å². The minimum Gasteiger partial charge on any atom is -0.497 e. The van der Waals surface area contributed by atoms with Gasteiger partial charge in [-0.2, -0.15) is 4.98 Å². The molecule has 1 aliphatic heterocycles. The second-order valence-corrected chi connectivity index (χ2v) is 6.85. The van der Waals surface area contributed by atoms with Crippen LogP contribution in [-0.4, -0.2) is 28.5 Å². The Morgan fingerprint density at radius 2 is 1.79 bits per heavy atom. The van der Waals surface area contributed by atoms with Gasteiger partial charge in [-0.05, 0) is 35.4 Å². The minimum absolute atomic E-state index is 0.174. The lowest BCUT2D eigenvalue weighted by molar-refractivity contribution is 0.203. The third-order valence-corrected chi connectivity index (χ3v) is 5.08. The number of nitrogens with zero attached hydrogens (tertiary/aromatic N) is 3. The summed E-state index contributed by atoms with van der Waals surface area (Å²) < 4.78 is 18.7. The molecule has 0 aliphatic carbocycles. The van der Waals surface area contributed by atoms with Gasteiger partial charge in [-0.1, -0.05) is 24.3 Å². The van der Waals surface area contributed by atoms with Crippen LogP contribution in [0.25, 0.3) is 0 Å². The van der Waals surface area contributed by atoms with Gasteiger partial charge in [0.25, 0.3) is 0 Å². The van der Waals surface area contributed by atoms with E-state index in [4.69, 9.17) is 16.2 Å². The summed E-state index contributed by atoms with van der Waals surface area (Å²) in [4.78, 5) is 10.9. The van der Waals surface area contributed by atoms with Crippen molar-refractivity contribution >= 4 is 11.8 Å². The van der Waals surface area contributed by atoms with Crippen molar-refractivity contribution in [2.75, 3.05) is 25.1 Å². The standard InChI is InChI=1S/C21H22FN5O/c1-28-16-8-2-13(3-9-16)12-27-11-10-17-18(20(23)26-21(24)25-17)19(27)14-4-6-15(22)7-5-14/h2-9,19H,10-12H2,1H3,(H4,23,24,25,26). The summed E-state index contributed by atoms with van der Waals surface area (Å²) in [6.45, 7) is 1.48. The molecule has 1 unspecified atom stereocenters. The normalized spacial score (nSPS) is 16.6. The lowest BCUT2D eigenvalue weighted by atomic mass is 9.90. The molecule has 2 heterocycles. The van der Waals surface area contributed by atoms with E-state index >= 15 is 0 Å². The van der Waals surface area contributed by atoms with E-state index in [-0.39, 0.29) is 17.8 Å². The molecule has 1 atom stereocenters. The summed E-state index contributed by atoms with van der Waals surface area (Å²) in [6, 6.07) is 14.3. The highest BCUT2D eigenvalue weighted by Gasteiger charge is 2.32. The number of nitrogen functional groups attached to an aromatic ring is 2. The molecular formula is C21H22FN5O. The molecule has 7 heteroatoms. The van der Waals surface area contributed by atoms with Gasteiger partial charge in [0.2, 0.25) is 5.95 Å². The predicted octanol–water partition coefficient (Wildman–Crippen LogP) is 2.94. The molecule has 2 aromatic carbocycles. The maximum atomic E-state index is 13.5. The summed E-state index contributed by atoms with van der Waals surface area (Å²) in [7, 11) is 1.65. The number of fused-ring (bicyclic) bond motifs is 1. The van der Waals surface area contributed by atoms with Crippen LogP contribution in [0, 0.1) is 5.82 Å². The summed E-state index contributed by atoms with van der Waals surface area (Å²) in [6.07, 6.45) is 0.722. The summed E-state index contributed by atoms with van der Waals surface area (Å²) in [5.41, 5.74) is 15.8. The molecule has 0 saturated heterocycles. The third-order valence-electron chi connectivity index (χ3n) is 5.08. The Hall–Kier alpha value is -3.19. The molecule has 0 fully saturated rings. The fourth-order valence-electron chi connectivity index (χ4n) is 3.76. The Morgan fingerprint density at radius 3 is 2.46 bits per heavy atom. The quantitative estimate of drug-likeness (QED) is 0.724. The van der Waals surface area contributed by atoms with Gasteiger partial charge in [-0.15, -0.1) is 0 Å². The molecule has 1 aliphatic rings. The number of anilines is 2. The van der Waals surface area contributed by atoms with Crippen molar-refractivity contribution in [3.05, 3.63) is 76.7 Å². The molecule has 0 amide bonds. The van der Waals surface area contributed by atoms with Gasteiger partial charge >= 0.3 is 0 Å². The van der Waals surface area contributed by atoms with Crippen LogP contribution in [0.15, 0.2) is 48.5 Å². The number of aromatic nitrogens is 2. The first-order chi connectivity index (χ1) is 13.5. The molecule has 4 N–H and O–H groups in total. The summed E-state index contributed by atoms with van der Waals surface area (Å²) in [5.74, 6) is 1.09. The van der Waals surface area contributed by atoms with Crippen LogP contribution in [-0.2, 0) is 13.0 Å². The number of hydrogen-bond donors (Lipinski definition) is 2. The maximum absolute atomic E-state index is 13.5. The van der Waals surface area contributed by atoms with Crippen molar-refractivity contribution in [3.63, 3.8) is 0 Å². The molecule has 0 radical (unpaired) electrons. The van der Waals surface area contributed by atoms with Crippen LogP contribution in [0.5, 0.6) is 5.75 Å². The van der Waals surface area contributed by atoms with Crippen molar-refractivity contribution in [1.82, 2.24) is 14.9 Å². The molecule has 3 aromatic rings. The Kier molecular flexibility index (Phi) is 4.83. The zero-order chi connectivity index (χ0) is 19.7. The second-order valence-electron chi connectivity index (χ2n) is 6.85. The number of halogens is 1. The van der Waals surface area contributed by atoms with Crippen LogP contribution in [0.2, 0.25) is 0 Å². The Balaban J connectivity index is 1.75. The number of nitrogens with two attached hydrogens (primary N) is 2. The molecule has 1 aromatic heterocycles. The van der Waals surface area contributed by atoms with E-state index in [2.05, 4.69) is 14.9 Å². The molecule has 0 bridgehead atoms. The first kappa shape index (κ1) is 18.2. The minimum atomic E-state index is -0.275. The smallest absolute Gasteiger partial charge is 0.222 e. The molecule has 144 valence electrons. The number of ether oxygens (including phenoxy) is 1. The van der Waals surface area contributed by atoms with E-state index in [1.807, 2.05) is 24.3 Å². The van der Waals surface area contributed by atoms with Crippen LogP contribution in [0.1, 0.15) is 28.4 Å². The largest absolute Gasteiger partial charge is 0.497 e. The van der Waals surface area contributed by atoms with Gasteiger partial charge in [0, 0.05) is 25.1 Å². The van der Waals surface area contributed by atoms with E-state index in [1.54, 1.807) is 19.2 Å². The van der Waals surface area contributed by atoms with Gasteiger partial charge < -0.3 is 16.2 Å². The van der Waals surface area contributed by atoms with Crippen molar-refractivity contribution < 1.29 is 9.13 Å². The van der Waals surface area contributed by atoms with Gasteiger partial charge in [0.15, 0.2) is 0 Å². The lowest BCUT2D eigenvalue weighted by Gasteiger charge is -2.37. The van der Waals surface area contributed by atoms with Crippen LogP contribution >= 0.6 is 0 Å². The average Bonchev–Trinajstić information content (AvgIpc) is 2.69. The number of benzene rings is 2. The first-order valence-electron chi connectivity index (χ1n) is 9.09. The van der Waals surface area contributed by atoms with Crippen molar-refractivity contribution in [2.24, 2.45) is 0 Å². The number of methoxy groups -OCH3 is 1. The molecule has 0 saturated carbocycles. The Labute approximate surface area is 163 Å². The summed E-state index contributed by atoms with van der Waals surface area (Å²) >= 11 is 0. The van der Waals surface area contributed by atoms with Gasteiger partial charge in [-0.25, -0.2) is 9.37 Å². The highest BCUT2D eigenvalue weighted by molar-refractivity contribution is 5.52. The molecule has 0 spiro atoms. The third kappa shape index (κ3) is 3.48. The van der Waals surface area contributed by atoms with E-state index in [1.165, 1.54) is 12.1 Å². The molecule has 28 heavy (non-hydrogen) atoms. The fraction of sp³-hybridized carbons (Fsp3) is 0.238. The SMILES string of the molecule is COc1ccc(CN2CCc3nc(N)nc(N)c3C2c2ccc(F)cc2)cc1. The van der Waals surface area contributed by atoms with Crippen LogP contribution < -0.4 is 16.2 Å². The topological polar surface area (TPSA) is 90.3 Å². The van der Waals surface area contributed by atoms with Crippen LogP contribution in [0.3, 0.4) is 0 Å². The second kappa shape index (κ2) is 7.44. The number of hydrogen-bond acceptors (Lipinski definition) is 6. The fourth-order valence-corrected chi connectivity index (χ4v) is 3.76. The molecule has 4 rings (SSSR count). The van der Waals surface area contributed by atoms with E-state index < -0.39 is 0 Å². The highest BCUT2D eigenvalue weighted by atomic mass is 19.1. The molecular weight excluding hydrogens is 357 g/mol. The van der Waals surface area contributed by atoms with Gasteiger partial charge in [0.05, 0.1) is 18.8 Å². The lowest BCUT2D eigenvalue weighted by Crippen LogP contribution is -2.37. The van der Waals surface area contributed by atoms with Crippen molar-refractivity contribution in [2.45, 2.75) is 19.0 Å². The number of rotatable bonds is 4. The maximum Gasteiger partial charge on any atom is 0.222 e. The first-order valence-corrected chi connectivity index (χ1v) is 9.09. The van der Waals surface area contributed by atoms with E-state index in [0.29, 0.717) is 12.4 Å². The van der Waals surface area contributed by atoms with E-state index in [0.717, 1.165) is 41.1 Å². The predicted molar refractivity (Wildman–Crippen MR) is 106 cm³/mol. The zero-order valence-corrected chi connectivity index (χ0v) is 15.6.